The summed E-state index contributed by atoms with van der Waals surface area (Å²) < 4.78 is 4.72. The normalized spacial score (nSPS) is 11.2. The number of carbonyl (C=O) groups is 2. The fourth-order valence-corrected chi connectivity index (χ4v) is 0.635. The third kappa shape index (κ3) is 6.31. The van der Waals surface area contributed by atoms with E-state index in [9.17, 15) is 9.59 Å². The van der Waals surface area contributed by atoms with Crippen LogP contribution in [0, 0.1) is 0 Å². The lowest BCUT2D eigenvalue weighted by Crippen LogP contribution is -2.25. The molecule has 0 rings (SSSR count). The van der Waals surface area contributed by atoms with Gasteiger partial charge in [0.25, 0.3) is 0 Å². The van der Waals surface area contributed by atoms with Gasteiger partial charge in [0, 0.05) is 25.3 Å². The van der Waals surface area contributed by atoms with Crippen molar-refractivity contribution in [2.75, 3.05) is 20.3 Å². The van der Waals surface area contributed by atoms with Gasteiger partial charge in [-0.3, -0.25) is 9.59 Å². The van der Waals surface area contributed by atoms with Crippen LogP contribution in [0.4, 0.5) is 0 Å². The summed E-state index contributed by atoms with van der Waals surface area (Å²) in [4.78, 5) is 21.5. The highest BCUT2D eigenvalue weighted by atomic mass is 35.5. The third-order valence-electron chi connectivity index (χ3n) is 1.26. The largest absolute Gasteiger partial charge is 0.383 e. The molecule has 0 atom stereocenters. The van der Waals surface area contributed by atoms with E-state index in [2.05, 4.69) is 5.32 Å². The second-order valence-corrected chi connectivity index (χ2v) is 2.73. The number of carbonyl (C=O) groups excluding carboxylic acids is 2. The van der Waals surface area contributed by atoms with E-state index in [1.807, 2.05) is 0 Å². The van der Waals surface area contributed by atoms with Crippen LogP contribution in [0.5, 0.6) is 0 Å². The zero-order valence-corrected chi connectivity index (χ0v) is 8.35. The average molecular weight is 206 g/mol. The molecule has 74 valence electrons. The van der Waals surface area contributed by atoms with Gasteiger partial charge in [0.05, 0.1) is 6.61 Å². The summed E-state index contributed by atoms with van der Waals surface area (Å²) >= 11 is 5.12. The molecule has 0 aliphatic carbocycles. The highest BCUT2D eigenvalue weighted by molar-refractivity contribution is 6.67. The Morgan fingerprint density at radius 1 is 1.54 bits per heavy atom. The van der Waals surface area contributed by atoms with Gasteiger partial charge in [-0.1, -0.05) is 0 Å². The van der Waals surface area contributed by atoms with E-state index in [-0.39, 0.29) is 11.5 Å². The molecule has 0 aromatic heterocycles. The second kappa shape index (κ2) is 6.62. The molecule has 4 nitrogen and oxygen atoms in total. The van der Waals surface area contributed by atoms with Crippen molar-refractivity contribution in [1.82, 2.24) is 5.32 Å². The number of ether oxygens (including phenoxy) is 1. The lowest BCUT2D eigenvalue weighted by molar-refractivity contribution is -0.117. The van der Waals surface area contributed by atoms with Gasteiger partial charge in [-0.2, -0.15) is 0 Å². The van der Waals surface area contributed by atoms with Crippen molar-refractivity contribution in [3.8, 4) is 0 Å². The SMILES string of the molecule is COCCNC(=O)C=C(C)C(=O)Cl. The summed E-state index contributed by atoms with van der Waals surface area (Å²) in [5.41, 5.74) is 0.219. The minimum atomic E-state index is -0.623. The second-order valence-electron chi connectivity index (χ2n) is 2.38. The molecule has 0 heterocycles. The summed E-state index contributed by atoms with van der Waals surface area (Å²) in [5.74, 6) is -0.344. The molecule has 0 saturated heterocycles. The van der Waals surface area contributed by atoms with Gasteiger partial charge in [-0.05, 0) is 18.5 Å². The molecule has 0 aliphatic rings. The van der Waals surface area contributed by atoms with Crippen molar-refractivity contribution in [2.45, 2.75) is 6.92 Å². The minimum Gasteiger partial charge on any atom is -0.383 e. The summed E-state index contributed by atoms with van der Waals surface area (Å²) in [7, 11) is 1.54. The Morgan fingerprint density at radius 2 is 2.15 bits per heavy atom. The Morgan fingerprint density at radius 3 is 2.62 bits per heavy atom. The van der Waals surface area contributed by atoms with E-state index >= 15 is 0 Å². The molecule has 5 heteroatoms. The van der Waals surface area contributed by atoms with Gasteiger partial charge in [-0.25, -0.2) is 0 Å². The van der Waals surface area contributed by atoms with Crippen molar-refractivity contribution >= 4 is 22.8 Å². The molecule has 0 unspecified atom stereocenters. The van der Waals surface area contributed by atoms with Crippen LogP contribution in [-0.2, 0) is 14.3 Å². The molecule has 0 aliphatic heterocycles. The number of halogens is 1. The van der Waals surface area contributed by atoms with Gasteiger partial charge in [0.15, 0.2) is 0 Å². The molecule has 0 aromatic carbocycles. The minimum absolute atomic E-state index is 0.219. The molecule has 0 bridgehead atoms. The number of methoxy groups -OCH3 is 1. The number of nitrogens with one attached hydrogen (secondary N) is 1. The molecule has 0 fully saturated rings. The van der Waals surface area contributed by atoms with Crippen LogP contribution in [0.3, 0.4) is 0 Å². The maximum absolute atomic E-state index is 11.0. The Bertz CT molecular complexity index is 225. The summed E-state index contributed by atoms with van der Waals surface area (Å²) in [5, 5.41) is 1.89. The van der Waals surface area contributed by atoms with Crippen LogP contribution in [0.1, 0.15) is 6.92 Å². The van der Waals surface area contributed by atoms with E-state index in [1.54, 1.807) is 0 Å². The Hall–Kier alpha value is -0.870. The smallest absolute Gasteiger partial charge is 0.248 e. The van der Waals surface area contributed by atoms with Gasteiger partial charge in [0.2, 0.25) is 11.1 Å². The number of hydrogen-bond acceptors (Lipinski definition) is 3. The Labute approximate surface area is 81.9 Å². The summed E-state index contributed by atoms with van der Waals surface area (Å²) in [6.07, 6.45) is 1.16. The van der Waals surface area contributed by atoms with E-state index in [1.165, 1.54) is 14.0 Å². The van der Waals surface area contributed by atoms with Crippen LogP contribution in [0.25, 0.3) is 0 Å². The monoisotopic (exact) mass is 205 g/mol. The zero-order valence-electron chi connectivity index (χ0n) is 7.59. The fourth-order valence-electron chi connectivity index (χ4n) is 0.581. The van der Waals surface area contributed by atoms with E-state index < -0.39 is 5.24 Å². The molecular formula is C8H12ClNO3. The maximum Gasteiger partial charge on any atom is 0.248 e. The lowest BCUT2D eigenvalue weighted by Gasteiger charge is -2.00. The first-order chi connectivity index (χ1) is 6.07. The molecule has 0 aromatic rings. The van der Waals surface area contributed by atoms with Crippen LogP contribution in [0.2, 0.25) is 0 Å². The van der Waals surface area contributed by atoms with Gasteiger partial charge < -0.3 is 10.1 Å². The zero-order chi connectivity index (χ0) is 10.3. The molecule has 0 saturated carbocycles. The van der Waals surface area contributed by atoms with E-state index in [0.29, 0.717) is 13.2 Å². The van der Waals surface area contributed by atoms with Gasteiger partial charge >= 0.3 is 0 Å². The van der Waals surface area contributed by atoms with Crippen LogP contribution in [-0.4, -0.2) is 31.4 Å². The number of allylic oxidation sites excluding steroid dienone is 1. The van der Waals surface area contributed by atoms with Gasteiger partial charge in [0.1, 0.15) is 0 Å². The quantitative estimate of drug-likeness (QED) is 0.403. The maximum atomic E-state index is 11.0. The fraction of sp³-hybridized carbons (Fsp3) is 0.500. The van der Waals surface area contributed by atoms with Crippen molar-refractivity contribution in [2.24, 2.45) is 0 Å². The predicted octanol–water partition coefficient (Wildman–Crippen LogP) is 0.461. The highest BCUT2D eigenvalue weighted by Crippen LogP contribution is 1.97. The standard InChI is InChI=1S/C8H12ClNO3/c1-6(8(9)12)5-7(11)10-3-4-13-2/h5H,3-4H2,1-2H3,(H,10,11). The van der Waals surface area contributed by atoms with Gasteiger partial charge in [-0.15, -0.1) is 0 Å². The number of hydrogen-bond donors (Lipinski definition) is 1. The third-order valence-corrected chi connectivity index (χ3v) is 1.56. The lowest BCUT2D eigenvalue weighted by atomic mass is 10.3. The van der Waals surface area contributed by atoms with Crippen LogP contribution < -0.4 is 5.32 Å². The van der Waals surface area contributed by atoms with Crippen molar-refractivity contribution in [3.63, 3.8) is 0 Å². The van der Waals surface area contributed by atoms with Crippen LogP contribution in [0.15, 0.2) is 11.6 Å². The molecular weight excluding hydrogens is 194 g/mol. The highest BCUT2D eigenvalue weighted by Gasteiger charge is 2.02. The first kappa shape index (κ1) is 12.1. The topological polar surface area (TPSA) is 55.4 Å². The summed E-state index contributed by atoms with van der Waals surface area (Å²) in [6, 6.07) is 0. The van der Waals surface area contributed by atoms with E-state index in [0.717, 1.165) is 6.08 Å². The molecule has 13 heavy (non-hydrogen) atoms. The van der Waals surface area contributed by atoms with E-state index in [4.69, 9.17) is 16.3 Å². The Kier molecular flexibility index (Phi) is 6.18. The first-order valence-corrected chi connectivity index (χ1v) is 4.10. The van der Waals surface area contributed by atoms with Crippen molar-refractivity contribution in [3.05, 3.63) is 11.6 Å². The molecule has 0 spiro atoms. The molecule has 1 N–H and O–H groups in total. The molecule has 0 radical (unpaired) electrons. The van der Waals surface area contributed by atoms with Crippen LogP contribution >= 0.6 is 11.6 Å². The van der Waals surface area contributed by atoms with Crippen molar-refractivity contribution < 1.29 is 14.3 Å². The first-order valence-electron chi connectivity index (χ1n) is 3.73. The Balaban J connectivity index is 3.86. The number of amides is 1. The average Bonchev–Trinajstić information content (AvgIpc) is 2.04. The van der Waals surface area contributed by atoms with Crippen molar-refractivity contribution in [1.29, 1.82) is 0 Å². The predicted molar refractivity (Wildman–Crippen MR) is 49.5 cm³/mol. The summed E-state index contributed by atoms with van der Waals surface area (Å²) in [6.45, 7) is 2.33. The number of rotatable bonds is 5. The molecule has 1 amide bonds.